The van der Waals surface area contributed by atoms with E-state index in [1.54, 1.807) is 20.5 Å². The Balaban J connectivity index is 0.000000736. The number of aryl methyl sites for hydroxylation is 4. The van der Waals surface area contributed by atoms with Crippen molar-refractivity contribution in [2.75, 3.05) is 97.3 Å². The van der Waals surface area contributed by atoms with Crippen LogP contribution >= 0.6 is 58.0 Å². The fourth-order valence-electron chi connectivity index (χ4n) is 12.3. The van der Waals surface area contributed by atoms with E-state index in [4.69, 9.17) is 93.2 Å². The zero-order chi connectivity index (χ0) is 84.9. The predicted octanol–water partition coefficient (Wildman–Crippen LogP) is 13.6. The van der Waals surface area contributed by atoms with Gasteiger partial charge in [-0.1, -0.05) is 94.4 Å². The number of esters is 4. The Morgan fingerprint density at radius 3 is 1.10 bits per heavy atom. The van der Waals surface area contributed by atoms with E-state index in [0.29, 0.717) is 81.3 Å². The fourth-order valence-corrected chi connectivity index (χ4v) is 13.1. The molecule has 0 bridgehead atoms. The third-order valence-electron chi connectivity index (χ3n) is 17.6. The van der Waals surface area contributed by atoms with Gasteiger partial charge in [-0.25, -0.2) is 0 Å². The van der Waals surface area contributed by atoms with E-state index in [2.05, 4.69) is 37.6 Å². The smallest absolute Gasteiger partial charge is 0.373 e. The lowest BCUT2D eigenvalue weighted by molar-refractivity contribution is -0.157. The minimum absolute atomic E-state index is 0.00118. The van der Waals surface area contributed by atoms with Gasteiger partial charge >= 0.3 is 51.0 Å². The quantitative estimate of drug-likeness (QED) is 0.00445. The molecule has 0 aromatic heterocycles. The van der Waals surface area contributed by atoms with Crippen molar-refractivity contribution in [2.24, 2.45) is 5.73 Å². The minimum atomic E-state index is -0.851. The molecule has 4 unspecified atom stereocenters. The van der Waals surface area contributed by atoms with Crippen molar-refractivity contribution in [1.82, 2.24) is 15.7 Å². The average molecular weight is 1640 g/mol. The standard InChI is InChI=1S/C26H36BNO5.C21H35BCl2N2O3.C17H29BN2O3.C16H24Cl2N2O2.C2H3ClO/c1-19-12-13-21(15-23(29)32-17-20-10-8-7-9-11-20)14-22(19)26(5,18-28-27(6)31)16-24(30)33-25(2,3)4;1-16-7-8-17(26(11-9-23)12-10-24)13-18(16)21(5,15-25-22(6)28)14-19(27)29-20(2,3)4;1-12-7-8-13(19)9-14(12)17(5,11-20-18(6)22)10-15(21)23-16(2,3)4;1-12-3-4-13(20(7-5-17)8-6-18)9-14(12)16(2,11-19)10-15(21)22;3-1-2-4/h7-14,28,31H,15-18H2,1-6H3;7-8,13,25,28H,9-12,14-15H2,1-6H3;7-9,20,22H,10-11,19H2,1-6H3;3-4,9H,5-8,10-11,19H2,1-2H3,(H,21,22);2H,1H2. The molecule has 21 nitrogen and oxygen atoms in total. The molecule has 5 rings (SSSR count). The number of aldehydes is 1. The number of nitrogen functional groups attached to an aromatic ring is 1. The number of halogens is 5. The van der Waals surface area contributed by atoms with Gasteiger partial charge in [0.2, 0.25) is 0 Å². The molecule has 4 atom stereocenters. The summed E-state index contributed by atoms with van der Waals surface area (Å²) >= 11 is 28.5. The number of carbonyl (C=O) groups excluding carboxylic acids is 5. The Morgan fingerprint density at radius 2 is 0.784 bits per heavy atom. The summed E-state index contributed by atoms with van der Waals surface area (Å²) in [6.45, 7) is 41.9. The number of nitrogens with zero attached hydrogens (tertiary/aromatic N) is 2. The molecule has 0 heterocycles. The van der Waals surface area contributed by atoms with Gasteiger partial charge in [0.05, 0.1) is 38.0 Å². The van der Waals surface area contributed by atoms with Crippen molar-refractivity contribution >= 4 is 132 Å². The number of alkyl halides is 5. The third kappa shape index (κ3) is 40.2. The number of nitrogens with two attached hydrogens (primary N) is 2. The lowest BCUT2D eigenvalue weighted by Crippen LogP contribution is -2.44. The summed E-state index contributed by atoms with van der Waals surface area (Å²) in [6, 6.07) is 33.3. The highest BCUT2D eigenvalue weighted by Crippen LogP contribution is 2.38. The number of rotatable bonds is 37. The molecule has 5 aromatic carbocycles. The van der Waals surface area contributed by atoms with Crippen LogP contribution in [0.5, 0.6) is 0 Å². The second-order valence-corrected chi connectivity index (χ2v) is 33.9. The number of anilines is 3. The number of carbonyl (C=O) groups is 6. The monoisotopic (exact) mass is 1640 g/mol. The van der Waals surface area contributed by atoms with Crippen LogP contribution in [0.4, 0.5) is 17.1 Å². The van der Waals surface area contributed by atoms with Crippen LogP contribution in [-0.2, 0) is 82.4 Å². The summed E-state index contributed by atoms with van der Waals surface area (Å²) < 4.78 is 22.0. The van der Waals surface area contributed by atoms with Crippen LogP contribution in [0.15, 0.2) is 103 Å². The maximum absolute atomic E-state index is 12.7. The molecular formula is C82H127B3Cl5N7O14. The summed E-state index contributed by atoms with van der Waals surface area (Å²) in [5.74, 6) is 0.0970. The molecule has 11 N–H and O–H groups in total. The molecule has 0 amide bonds. The Hall–Kier alpha value is -6.12. The van der Waals surface area contributed by atoms with Crippen LogP contribution in [0.1, 0.15) is 171 Å². The second kappa shape index (κ2) is 49.6. The number of carboxylic acids is 1. The van der Waals surface area contributed by atoms with E-state index >= 15 is 0 Å². The Morgan fingerprint density at radius 1 is 0.459 bits per heavy atom. The Kier molecular flexibility index (Phi) is 46.0. The molecule has 0 fully saturated rings. The number of benzene rings is 5. The first kappa shape index (κ1) is 103. The molecule has 111 heavy (non-hydrogen) atoms. The van der Waals surface area contributed by atoms with Gasteiger partial charge in [-0.2, -0.15) is 0 Å². The maximum atomic E-state index is 12.7. The van der Waals surface area contributed by atoms with Crippen molar-refractivity contribution in [1.29, 1.82) is 0 Å². The number of carboxylic acid groups (broad SMARTS) is 1. The normalized spacial score (nSPS) is 13.4. The highest BCUT2D eigenvalue weighted by Gasteiger charge is 2.38. The van der Waals surface area contributed by atoms with Crippen LogP contribution in [0.25, 0.3) is 0 Å². The van der Waals surface area contributed by atoms with E-state index < -0.39 is 65.6 Å². The first-order valence-electron chi connectivity index (χ1n) is 37.5. The highest BCUT2D eigenvalue weighted by atomic mass is 35.5. The summed E-state index contributed by atoms with van der Waals surface area (Å²) in [4.78, 5) is 74.6. The molecule has 0 saturated carbocycles. The minimum Gasteiger partial charge on any atom is -0.481 e. The SMILES string of the molecule is CB(O)NCC(C)(CC(=O)OC(C)(C)C)c1cc(CC(=O)OCc2ccccc2)ccc1C.CB(O)NCC(C)(CC(=O)OC(C)(C)C)c1cc(N(CCCl)CCCl)ccc1C.CB(O)NCC(C)(CC(=O)OC(C)(C)C)c1cc(N)ccc1C.Cc1ccc(N(CCCl)CCCl)cc1C(C)(CN)CC(=O)O.O=CCCl. The number of nitrogens with one attached hydrogen (secondary N) is 3. The van der Waals surface area contributed by atoms with Gasteiger partial charge in [0.25, 0.3) is 0 Å². The Bertz CT molecular complexity index is 3650. The van der Waals surface area contributed by atoms with Crippen LogP contribution in [0.3, 0.4) is 0 Å². The van der Waals surface area contributed by atoms with Gasteiger partial charge in [0.15, 0.2) is 0 Å². The lowest BCUT2D eigenvalue weighted by atomic mass is 9.74. The first-order chi connectivity index (χ1) is 51.5. The van der Waals surface area contributed by atoms with Gasteiger partial charge in [0.1, 0.15) is 29.7 Å². The van der Waals surface area contributed by atoms with E-state index in [1.165, 1.54) is 0 Å². The van der Waals surface area contributed by atoms with Gasteiger partial charge in [-0.3, -0.25) is 24.0 Å². The topological polar surface area (TPSA) is 315 Å². The van der Waals surface area contributed by atoms with Crippen molar-refractivity contribution in [3.8, 4) is 0 Å². The molecule has 0 spiro atoms. The largest absolute Gasteiger partial charge is 0.481 e. The van der Waals surface area contributed by atoms with Crippen LogP contribution in [0, 0.1) is 27.7 Å². The van der Waals surface area contributed by atoms with Crippen molar-refractivity contribution in [2.45, 2.75) is 215 Å². The van der Waals surface area contributed by atoms with Crippen molar-refractivity contribution < 1.29 is 67.9 Å². The zero-order valence-corrected chi connectivity index (χ0v) is 73.1. The van der Waals surface area contributed by atoms with E-state index in [-0.39, 0.29) is 75.0 Å². The van der Waals surface area contributed by atoms with Crippen LogP contribution in [0.2, 0.25) is 20.5 Å². The van der Waals surface area contributed by atoms with Gasteiger partial charge in [-0.15, -0.1) is 58.0 Å². The molecule has 5 aromatic rings. The molecule has 0 aliphatic heterocycles. The van der Waals surface area contributed by atoms with Crippen molar-refractivity contribution in [3.05, 3.63) is 159 Å². The number of ether oxygens (including phenoxy) is 4. The first-order valence-corrected chi connectivity index (χ1v) is 40.1. The molecule has 0 aliphatic rings. The fraction of sp³-hybridized carbons (Fsp3) is 0.561. The molecular weight excluding hydrogens is 1520 g/mol. The predicted molar refractivity (Wildman–Crippen MR) is 461 cm³/mol. The maximum Gasteiger partial charge on any atom is 0.373 e. The molecule has 0 saturated heterocycles. The van der Waals surface area contributed by atoms with E-state index in [0.717, 1.165) is 67.0 Å². The molecule has 618 valence electrons. The Labute approximate surface area is 688 Å². The van der Waals surface area contributed by atoms with Crippen LogP contribution in [-0.4, -0.2) is 176 Å². The number of aliphatic carboxylic acids is 1. The molecule has 0 aliphatic carbocycles. The zero-order valence-electron chi connectivity index (χ0n) is 69.4. The molecule has 29 heteroatoms. The highest BCUT2D eigenvalue weighted by molar-refractivity contribution is 6.46. The second-order valence-electron chi connectivity index (χ2n) is 32.1. The summed E-state index contributed by atoms with van der Waals surface area (Å²) in [5.41, 5.74) is 20.3. The van der Waals surface area contributed by atoms with Gasteiger partial charge in [-0.05, 0) is 222 Å². The van der Waals surface area contributed by atoms with Crippen molar-refractivity contribution in [3.63, 3.8) is 0 Å². The molecule has 0 radical (unpaired) electrons. The summed E-state index contributed by atoms with van der Waals surface area (Å²) in [5, 5.41) is 47.4. The average Bonchev–Trinajstić information content (AvgIpc) is 0.813. The van der Waals surface area contributed by atoms with E-state index in [1.807, 2.05) is 209 Å². The lowest BCUT2D eigenvalue weighted by Gasteiger charge is -2.34. The van der Waals surface area contributed by atoms with Gasteiger partial charge in [0, 0.05) is 95.0 Å². The summed E-state index contributed by atoms with van der Waals surface area (Å²) in [6.07, 6.45) is 1.30. The van der Waals surface area contributed by atoms with E-state index in [9.17, 15) is 44.2 Å². The number of hydrogen-bond donors (Lipinski definition) is 9. The third-order valence-corrected chi connectivity index (χ3v) is 18.4. The number of hydrogen-bond acceptors (Lipinski definition) is 20. The van der Waals surface area contributed by atoms with Gasteiger partial charge < -0.3 is 80.9 Å². The van der Waals surface area contributed by atoms with Crippen LogP contribution < -0.4 is 37.0 Å². The summed E-state index contributed by atoms with van der Waals surface area (Å²) in [7, 11) is -2.06.